The van der Waals surface area contributed by atoms with Gasteiger partial charge < -0.3 is 14.8 Å². The van der Waals surface area contributed by atoms with E-state index >= 15 is 0 Å². The number of fused-ring (bicyclic) bond motifs is 1. The summed E-state index contributed by atoms with van der Waals surface area (Å²) < 4.78 is 2.02. The first-order valence-corrected chi connectivity index (χ1v) is 8.42. The number of anilines is 1. The Hall–Kier alpha value is -2.01. The normalized spacial score (nSPS) is 20.3. The molecule has 4 rings (SSSR count). The van der Waals surface area contributed by atoms with Gasteiger partial charge in [0.25, 0.3) is 5.91 Å². The maximum atomic E-state index is 13.0. The second kappa shape index (κ2) is 5.57. The van der Waals surface area contributed by atoms with Crippen LogP contribution in [0.25, 0.3) is 0 Å². The zero-order valence-corrected chi connectivity index (χ0v) is 13.8. The van der Waals surface area contributed by atoms with E-state index in [0.717, 1.165) is 24.5 Å². The fourth-order valence-corrected chi connectivity index (χ4v) is 3.18. The first kappa shape index (κ1) is 14.6. The number of aryl methyl sites for hydroxylation is 1. The van der Waals surface area contributed by atoms with Gasteiger partial charge in [0.2, 0.25) is 0 Å². The van der Waals surface area contributed by atoms with Gasteiger partial charge in [-0.15, -0.1) is 0 Å². The molecule has 1 atom stereocenters. The Labute approximate surface area is 140 Å². The Bertz CT molecular complexity index is 753. The van der Waals surface area contributed by atoms with Crippen LogP contribution in [-0.4, -0.2) is 26.9 Å². The van der Waals surface area contributed by atoms with E-state index in [2.05, 4.69) is 17.2 Å². The lowest BCUT2D eigenvalue weighted by Gasteiger charge is -2.37. The average molecular weight is 331 g/mol. The molecule has 0 radical (unpaired) electrons. The highest BCUT2D eigenvalue weighted by Crippen LogP contribution is 2.38. The van der Waals surface area contributed by atoms with Gasteiger partial charge in [-0.2, -0.15) is 0 Å². The first-order chi connectivity index (χ1) is 11.2. The second-order valence-electron chi connectivity index (χ2n) is 6.27. The number of carbonyl (C=O) groups excluding carboxylic acids is 1. The number of carbonyl (C=O) groups is 1. The number of nitrogens with one attached hydrogen (secondary N) is 1. The molecule has 0 saturated heterocycles. The van der Waals surface area contributed by atoms with Crippen molar-refractivity contribution in [3.8, 4) is 0 Å². The molecule has 1 aliphatic carbocycles. The van der Waals surface area contributed by atoms with E-state index in [9.17, 15) is 4.79 Å². The van der Waals surface area contributed by atoms with Gasteiger partial charge in [-0.1, -0.05) is 11.6 Å². The van der Waals surface area contributed by atoms with Gasteiger partial charge >= 0.3 is 0 Å². The van der Waals surface area contributed by atoms with E-state index in [-0.39, 0.29) is 12.1 Å². The lowest BCUT2D eigenvalue weighted by Crippen LogP contribution is -2.44. The molecule has 1 fully saturated rings. The van der Waals surface area contributed by atoms with Crippen molar-refractivity contribution in [3.05, 3.63) is 47.0 Å². The zero-order valence-electron chi connectivity index (χ0n) is 13.0. The highest BCUT2D eigenvalue weighted by Gasteiger charge is 2.37. The van der Waals surface area contributed by atoms with Crippen molar-refractivity contribution in [2.45, 2.75) is 32.5 Å². The number of benzene rings is 1. The quantitative estimate of drug-likeness (QED) is 0.933. The highest BCUT2D eigenvalue weighted by atomic mass is 35.5. The van der Waals surface area contributed by atoms with Gasteiger partial charge in [0.15, 0.2) is 0 Å². The molecule has 2 aromatic rings. The number of halogens is 1. The number of hydrogen-bond donors (Lipinski definition) is 1. The summed E-state index contributed by atoms with van der Waals surface area (Å²) in [7, 11) is 0. The Balaban J connectivity index is 1.73. The van der Waals surface area contributed by atoms with E-state index in [4.69, 9.17) is 11.6 Å². The molecule has 1 amide bonds. The van der Waals surface area contributed by atoms with Gasteiger partial charge in [-0.05, 0) is 43.9 Å². The maximum Gasteiger partial charge on any atom is 0.257 e. The lowest BCUT2D eigenvalue weighted by atomic mass is 10.1. The summed E-state index contributed by atoms with van der Waals surface area (Å²) in [5.41, 5.74) is 2.34. The fraction of sp³-hybridized carbons (Fsp3) is 0.412. The van der Waals surface area contributed by atoms with Crippen molar-refractivity contribution in [1.82, 2.24) is 14.5 Å². The molecular formula is C17H19ClN4O. The van der Waals surface area contributed by atoms with Crippen molar-refractivity contribution < 1.29 is 4.79 Å². The van der Waals surface area contributed by atoms with Gasteiger partial charge in [0, 0.05) is 30.0 Å². The molecule has 0 spiro atoms. The number of hydrogen-bond acceptors (Lipinski definition) is 3. The summed E-state index contributed by atoms with van der Waals surface area (Å²) >= 11 is 6.07. The molecular weight excluding hydrogens is 312 g/mol. The molecule has 6 heteroatoms. The SMILES string of the molecule is CCn1cnc(C2Nc3ccc(Cl)cc3C(=O)N2CC2CC2)c1. The third-order valence-corrected chi connectivity index (χ3v) is 4.76. The van der Waals surface area contributed by atoms with Crippen LogP contribution in [0.2, 0.25) is 5.02 Å². The smallest absolute Gasteiger partial charge is 0.257 e. The Morgan fingerprint density at radius 2 is 2.22 bits per heavy atom. The monoisotopic (exact) mass is 330 g/mol. The van der Waals surface area contributed by atoms with Crippen LogP contribution in [0.1, 0.15) is 42.0 Å². The molecule has 1 N–H and O–H groups in total. The highest BCUT2D eigenvalue weighted by molar-refractivity contribution is 6.31. The third kappa shape index (κ3) is 2.70. The average Bonchev–Trinajstić information content (AvgIpc) is 3.24. The van der Waals surface area contributed by atoms with Crippen molar-refractivity contribution in [1.29, 1.82) is 0 Å². The second-order valence-corrected chi connectivity index (χ2v) is 6.70. The summed E-state index contributed by atoms with van der Waals surface area (Å²) in [5, 5.41) is 4.04. The molecule has 5 nitrogen and oxygen atoms in total. The van der Waals surface area contributed by atoms with Crippen LogP contribution >= 0.6 is 11.6 Å². The Morgan fingerprint density at radius 3 is 2.91 bits per heavy atom. The van der Waals surface area contributed by atoms with Gasteiger partial charge in [0.05, 0.1) is 11.9 Å². The molecule has 1 saturated carbocycles. The zero-order chi connectivity index (χ0) is 16.0. The Morgan fingerprint density at radius 1 is 1.39 bits per heavy atom. The predicted molar refractivity (Wildman–Crippen MR) is 89.5 cm³/mol. The minimum absolute atomic E-state index is 0.0317. The fourth-order valence-electron chi connectivity index (χ4n) is 3.01. The van der Waals surface area contributed by atoms with Crippen molar-refractivity contribution in [2.24, 2.45) is 5.92 Å². The lowest BCUT2D eigenvalue weighted by molar-refractivity contribution is 0.0669. The predicted octanol–water partition coefficient (Wildman–Crippen LogP) is 3.53. The van der Waals surface area contributed by atoms with Crippen LogP contribution in [0.15, 0.2) is 30.7 Å². The van der Waals surface area contributed by atoms with Crippen LogP contribution in [0.5, 0.6) is 0 Å². The van der Waals surface area contributed by atoms with Crippen molar-refractivity contribution >= 4 is 23.2 Å². The minimum atomic E-state index is -0.218. The molecule has 2 aliphatic rings. The van der Waals surface area contributed by atoms with E-state index in [1.807, 2.05) is 28.1 Å². The summed E-state index contributed by atoms with van der Waals surface area (Å²) in [6.45, 7) is 3.70. The molecule has 1 aromatic heterocycles. The number of rotatable bonds is 4. The standard InChI is InChI=1S/C17H19ClN4O/c1-2-21-9-15(19-10-21)16-20-14-6-5-12(18)7-13(14)17(23)22(16)8-11-3-4-11/h5-7,9-11,16,20H,2-4,8H2,1H3. The molecule has 23 heavy (non-hydrogen) atoms. The van der Waals surface area contributed by atoms with Crippen LogP contribution in [-0.2, 0) is 6.54 Å². The summed E-state index contributed by atoms with van der Waals surface area (Å²) in [5.74, 6) is 0.640. The van der Waals surface area contributed by atoms with Gasteiger partial charge in [-0.25, -0.2) is 4.98 Å². The maximum absolute atomic E-state index is 13.0. The third-order valence-electron chi connectivity index (χ3n) is 4.53. The number of aromatic nitrogens is 2. The van der Waals surface area contributed by atoms with Gasteiger partial charge in [-0.3, -0.25) is 4.79 Å². The Kier molecular flexibility index (Phi) is 3.53. The largest absolute Gasteiger partial charge is 0.359 e. The number of imidazole rings is 1. The van der Waals surface area contributed by atoms with Crippen LogP contribution < -0.4 is 5.32 Å². The van der Waals surface area contributed by atoms with Crippen LogP contribution in [0.4, 0.5) is 5.69 Å². The first-order valence-electron chi connectivity index (χ1n) is 8.04. The summed E-state index contributed by atoms with van der Waals surface area (Å²) in [4.78, 5) is 19.4. The van der Waals surface area contributed by atoms with E-state index < -0.39 is 0 Å². The van der Waals surface area contributed by atoms with Crippen LogP contribution in [0.3, 0.4) is 0 Å². The topological polar surface area (TPSA) is 50.2 Å². The molecule has 1 unspecified atom stereocenters. The van der Waals surface area contributed by atoms with E-state index in [1.165, 1.54) is 12.8 Å². The van der Waals surface area contributed by atoms with Crippen molar-refractivity contribution in [3.63, 3.8) is 0 Å². The number of nitrogens with zero attached hydrogens (tertiary/aromatic N) is 3. The minimum Gasteiger partial charge on any atom is -0.359 e. The molecule has 1 aromatic carbocycles. The molecule has 0 bridgehead atoms. The van der Waals surface area contributed by atoms with Gasteiger partial charge in [0.1, 0.15) is 11.9 Å². The van der Waals surface area contributed by atoms with E-state index in [0.29, 0.717) is 16.5 Å². The van der Waals surface area contributed by atoms with Crippen LogP contribution in [0, 0.1) is 5.92 Å². The summed E-state index contributed by atoms with van der Waals surface area (Å²) in [6.07, 6.45) is 5.99. The summed E-state index contributed by atoms with van der Waals surface area (Å²) in [6, 6.07) is 5.42. The molecule has 1 aliphatic heterocycles. The van der Waals surface area contributed by atoms with Crippen molar-refractivity contribution in [2.75, 3.05) is 11.9 Å². The van der Waals surface area contributed by atoms with E-state index in [1.54, 1.807) is 12.1 Å². The molecule has 120 valence electrons. The molecule has 2 heterocycles. The number of amides is 1.